The van der Waals surface area contributed by atoms with E-state index in [1.165, 1.54) is 41.5 Å². The number of nitrogens with zero attached hydrogens (tertiary/aromatic N) is 1. The monoisotopic (exact) mass is 991 g/mol. The van der Waals surface area contributed by atoms with Crippen molar-refractivity contribution in [2.45, 2.75) is 89.5 Å². The van der Waals surface area contributed by atoms with Crippen LogP contribution in [0.5, 0.6) is 17.2 Å². The van der Waals surface area contributed by atoms with Gasteiger partial charge >= 0.3 is 0 Å². The van der Waals surface area contributed by atoms with Gasteiger partial charge in [-0.3, -0.25) is 19.3 Å². The second-order valence-electron chi connectivity index (χ2n) is 18.1. The number of hydrogen-bond donors (Lipinski definition) is 9. The van der Waals surface area contributed by atoms with Crippen molar-refractivity contribution in [3.63, 3.8) is 0 Å². The van der Waals surface area contributed by atoms with E-state index in [1.807, 2.05) is 4.90 Å². The number of rotatable bonds is 36. The van der Waals surface area contributed by atoms with Gasteiger partial charge in [0.25, 0.3) is 0 Å². The molecule has 3 rings (SSSR count). The topological polar surface area (TPSA) is 284 Å². The second kappa shape index (κ2) is 32.5. The summed E-state index contributed by atoms with van der Waals surface area (Å²) in [5.41, 5.74) is -3.11. The third-order valence-electron chi connectivity index (χ3n) is 9.90. The van der Waals surface area contributed by atoms with Crippen molar-refractivity contribution in [2.75, 3.05) is 105 Å². The minimum absolute atomic E-state index is 0.0236. The second-order valence-corrected chi connectivity index (χ2v) is 18.1. The molecule has 0 bridgehead atoms. The molecule has 0 aromatic heterocycles. The smallest absolute Gasteiger partial charge is 0.193 e. The summed E-state index contributed by atoms with van der Waals surface area (Å²) < 4.78 is 33.1. The van der Waals surface area contributed by atoms with E-state index < -0.39 is 35.1 Å². The highest BCUT2D eigenvalue weighted by Gasteiger charge is 2.27. The molecular weight excluding hydrogens is 913 g/mol. The Morgan fingerprint density at radius 3 is 1.11 bits per heavy atom. The summed E-state index contributed by atoms with van der Waals surface area (Å²) in [4.78, 5) is 37.9. The molecule has 0 radical (unpaired) electrons. The molecule has 0 saturated carbocycles. The quantitative estimate of drug-likeness (QED) is 0.0297. The van der Waals surface area contributed by atoms with Gasteiger partial charge in [0.2, 0.25) is 0 Å². The van der Waals surface area contributed by atoms with Crippen LogP contribution in [0.3, 0.4) is 0 Å². The third-order valence-corrected chi connectivity index (χ3v) is 9.90. The fourth-order valence-electron chi connectivity index (χ4n) is 6.27. The molecule has 9 N–H and O–H groups in total. The molecule has 19 heteroatoms. The molecule has 0 aliphatic carbocycles. The average molecular weight is 991 g/mol. The molecule has 394 valence electrons. The molecule has 0 aliphatic heterocycles. The molecule has 0 aliphatic rings. The van der Waals surface area contributed by atoms with Crippen molar-refractivity contribution in [3.8, 4) is 17.2 Å². The Morgan fingerprint density at radius 1 is 0.500 bits per heavy atom. The third kappa shape index (κ3) is 26.1. The maximum absolute atomic E-state index is 12.1. The van der Waals surface area contributed by atoms with Gasteiger partial charge in [-0.05, 0) is 134 Å². The van der Waals surface area contributed by atoms with Crippen LogP contribution in [-0.4, -0.2) is 204 Å². The molecule has 3 aromatic carbocycles. The molecule has 3 unspecified atom stereocenters. The Balaban J connectivity index is 0.000000567. The summed E-state index contributed by atoms with van der Waals surface area (Å²) in [5.74, 6) is 0.575. The lowest BCUT2D eigenvalue weighted by Gasteiger charge is -2.27. The molecule has 0 saturated heterocycles. The molecule has 0 heterocycles. The summed E-state index contributed by atoms with van der Waals surface area (Å²) >= 11 is 0. The predicted octanol–water partition coefficient (Wildman–Crippen LogP) is 1.86. The standard InChI is InChI=1S/C33H49NO11.C18H29NO6/c1-32(2,40)30(38)24-6-10-28(11-7-24)44-18-16-42-22-26(36)20-34(14-5-15-35)21-27(37)23-43-17-19-45-29-12-8-25(9-13-29)31(39)33(3,4)41;1-18(2,23)17(22)14-4-6-16(7-5-14)25-11-10-24-13-15(21)12-19-8-3-9-20/h6-13,26-27,35-37,40-41H,5,14-23H2,1-4H3;4-7,15,19-21,23H,3,8-13H2,1-2H3. The van der Waals surface area contributed by atoms with Crippen LogP contribution in [0, 0.1) is 0 Å². The zero-order chi connectivity index (χ0) is 52.2. The van der Waals surface area contributed by atoms with Gasteiger partial charge in [-0.25, -0.2) is 0 Å². The van der Waals surface area contributed by atoms with Crippen LogP contribution < -0.4 is 19.5 Å². The Bertz CT molecular complexity index is 1810. The molecule has 70 heavy (non-hydrogen) atoms. The number of hydrogen-bond acceptors (Lipinski definition) is 19. The number of nitrogens with one attached hydrogen (secondary N) is 1. The number of carbonyl (C=O) groups is 3. The molecule has 19 nitrogen and oxygen atoms in total. The van der Waals surface area contributed by atoms with Crippen molar-refractivity contribution in [1.29, 1.82) is 0 Å². The number of ether oxygens (including phenoxy) is 6. The maximum Gasteiger partial charge on any atom is 0.193 e. The van der Waals surface area contributed by atoms with Gasteiger partial charge in [0.15, 0.2) is 17.3 Å². The highest BCUT2D eigenvalue weighted by Crippen LogP contribution is 2.20. The normalized spacial score (nSPS) is 13.2. The number of ketones is 3. The van der Waals surface area contributed by atoms with Crippen molar-refractivity contribution >= 4 is 17.3 Å². The van der Waals surface area contributed by atoms with E-state index in [9.17, 15) is 50.1 Å². The first-order chi connectivity index (χ1) is 33.0. The van der Waals surface area contributed by atoms with Crippen molar-refractivity contribution in [3.05, 3.63) is 89.5 Å². The number of aliphatic hydroxyl groups is 8. The zero-order valence-electron chi connectivity index (χ0n) is 41.6. The van der Waals surface area contributed by atoms with E-state index in [-0.39, 0.29) is 89.9 Å². The minimum atomic E-state index is -1.45. The first kappa shape index (κ1) is 61.7. The van der Waals surface area contributed by atoms with E-state index in [2.05, 4.69) is 5.32 Å². The first-order valence-corrected chi connectivity index (χ1v) is 23.5. The van der Waals surface area contributed by atoms with Gasteiger partial charge in [-0.2, -0.15) is 0 Å². The van der Waals surface area contributed by atoms with Crippen molar-refractivity contribution in [2.24, 2.45) is 0 Å². The van der Waals surface area contributed by atoms with Gasteiger partial charge in [-0.1, -0.05) is 0 Å². The lowest BCUT2D eigenvalue weighted by atomic mass is 9.97. The van der Waals surface area contributed by atoms with Gasteiger partial charge in [0.05, 0.1) is 58.0 Å². The molecule has 3 aromatic rings. The Morgan fingerprint density at radius 2 is 0.814 bits per heavy atom. The Labute approximate surface area is 411 Å². The van der Waals surface area contributed by atoms with E-state index in [0.717, 1.165) is 0 Å². The van der Waals surface area contributed by atoms with Gasteiger partial charge in [0.1, 0.15) is 53.9 Å². The lowest BCUT2D eigenvalue weighted by Crippen LogP contribution is -2.41. The Kier molecular flexibility index (Phi) is 28.6. The van der Waals surface area contributed by atoms with Crippen LogP contribution in [0.1, 0.15) is 85.5 Å². The summed E-state index contributed by atoms with van der Waals surface area (Å²) in [6, 6.07) is 19.4. The van der Waals surface area contributed by atoms with E-state index in [0.29, 0.717) is 79.6 Å². The van der Waals surface area contributed by atoms with Crippen LogP contribution in [0.15, 0.2) is 72.8 Å². The molecule has 0 spiro atoms. The summed E-state index contributed by atoms with van der Waals surface area (Å²) in [5, 5.41) is 80.9. The molecular formula is C51H78N2O17. The van der Waals surface area contributed by atoms with Gasteiger partial charge < -0.3 is 74.6 Å². The van der Waals surface area contributed by atoms with Crippen LogP contribution >= 0.6 is 0 Å². The molecule has 3 atom stereocenters. The van der Waals surface area contributed by atoms with E-state index in [4.69, 9.17) is 33.5 Å². The molecule has 0 amide bonds. The number of benzene rings is 3. The zero-order valence-corrected chi connectivity index (χ0v) is 41.6. The van der Waals surface area contributed by atoms with E-state index in [1.54, 1.807) is 72.8 Å². The van der Waals surface area contributed by atoms with Crippen molar-refractivity contribution in [1.82, 2.24) is 10.2 Å². The average Bonchev–Trinajstić information content (AvgIpc) is 3.31. The summed E-state index contributed by atoms with van der Waals surface area (Å²) in [6.45, 7) is 12.6. The predicted molar refractivity (Wildman–Crippen MR) is 261 cm³/mol. The fraction of sp³-hybridized carbons (Fsp3) is 0.588. The summed E-state index contributed by atoms with van der Waals surface area (Å²) in [7, 11) is 0. The number of aliphatic hydroxyl groups excluding tert-OH is 5. The first-order valence-electron chi connectivity index (χ1n) is 23.5. The van der Waals surface area contributed by atoms with Crippen molar-refractivity contribution < 1.29 is 83.7 Å². The summed E-state index contributed by atoms with van der Waals surface area (Å²) in [6.07, 6.45) is -1.14. The Hall–Kier alpha value is -4.45. The number of carbonyl (C=O) groups excluding carboxylic acids is 3. The van der Waals surface area contributed by atoms with Crippen LogP contribution in [-0.2, 0) is 14.2 Å². The minimum Gasteiger partial charge on any atom is -0.491 e. The van der Waals surface area contributed by atoms with Crippen LogP contribution in [0.25, 0.3) is 0 Å². The lowest BCUT2D eigenvalue weighted by molar-refractivity contribution is -0.0172. The SMILES string of the molecule is CC(C)(O)C(=O)c1ccc(OCCOCC(O)CN(CCCO)CC(O)COCCOc2ccc(C(=O)C(C)(C)O)cc2)cc1.CC(C)(O)C(=O)c1ccc(OCCOCC(O)CNCCCO)cc1. The van der Waals surface area contributed by atoms with Crippen LogP contribution in [0.2, 0.25) is 0 Å². The molecule has 0 fully saturated rings. The maximum atomic E-state index is 12.1. The fourth-order valence-corrected chi connectivity index (χ4v) is 6.27. The largest absolute Gasteiger partial charge is 0.491 e. The van der Waals surface area contributed by atoms with Gasteiger partial charge in [0, 0.05) is 56.1 Å². The van der Waals surface area contributed by atoms with E-state index >= 15 is 0 Å². The van der Waals surface area contributed by atoms with Crippen LogP contribution in [0.4, 0.5) is 0 Å². The highest BCUT2D eigenvalue weighted by atomic mass is 16.5. The van der Waals surface area contributed by atoms with Gasteiger partial charge in [-0.15, -0.1) is 0 Å². The number of Topliss-reactive ketones (excluding diaryl/α,β-unsaturated/α-hetero) is 3. The highest BCUT2D eigenvalue weighted by molar-refractivity contribution is 6.02.